The zero-order valence-electron chi connectivity index (χ0n) is 16.3. The van der Waals surface area contributed by atoms with E-state index in [1.807, 2.05) is 60.7 Å². The lowest BCUT2D eigenvalue weighted by molar-refractivity contribution is -0.000786. The van der Waals surface area contributed by atoms with Gasteiger partial charge in [0.05, 0.1) is 17.3 Å². The number of rotatable bonds is 4. The molecule has 1 aromatic heterocycles. The van der Waals surface area contributed by atoms with E-state index in [0.29, 0.717) is 24.2 Å². The Balaban J connectivity index is 1.79. The molecule has 1 aliphatic heterocycles. The Hall–Kier alpha value is -3.25. The quantitative estimate of drug-likeness (QED) is 0.717. The number of nitrogen functional groups attached to an aromatic ring is 1. The number of hydrogen-bond acceptors (Lipinski definition) is 5. The molecular formula is C23H24N4O2. The number of aliphatic hydroxyl groups is 1. The van der Waals surface area contributed by atoms with Crippen LogP contribution in [0.1, 0.15) is 40.0 Å². The van der Waals surface area contributed by atoms with Crippen molar-refractivity contribution in [3.05, 3.63) is 89.2 Å². The molecule has 3 aromatic rings. The van der Waals surface area contributed by atoms with E-state index in [9.17, 15) is 9.90 Å². The Labute approximate surface area is 170 Å². The van der Waals surface area contributed by atoms with Gasteiger partial charge in [-0.15, -0.1) is 0 Å². The number of nitrogens with two attached hydrogens (primary N) is 1. The normalized spacial score (nSPS) is 16.8. The van der Waals surface area contributed by atoms with Crippen LogP contribution in [0, 0.1) is 6.92 Å². The number of nitrogens with zero attached hydrogens (tertiary/aromatic N) is 3. The van der Waals surface area contributed by atoms with E-state index in [-0.39, 0.29) is 11.9 Å². The van der Waals surface area contributed by atoms with Gasteiger partial charge in [0.25, 0.3) is 5.91 Å². The van der Waals surface area contributed by atoms with Gasteiger partial charge in [0.2, 0.25) is 5.95 Å². The SMILES string of the molecule is Cc1nc(N)ncc1C(=O)N1CCC[C@H]1C(O)(c1ccccc1)c1ccccc1. The predicted molar refractivity (Wildman–Crippen MR) is 111 cm³/mol. The molecular weight excluding hydrogens is 364 g/mol. The molecule has 1 amide bonds. The second kappa shape index (κ2) is 7.64. The second-order valence-corrected chi connectivity index (χ2v) is 7.38. The number of carbonyl (C=O) groups is 1. The molecule has 1 aliphatic rings. The van der Waals surface area contributed by atoms with E-state index in [2.05, 4.69) is 9.97 Å². The van der Waals surface area contributed by atoms with Crippen molar-refractivity contribution in [2.24, 2.45) is 0 Å². The highest BCUT2D eigenvalue weighted by Crippen LogP contribution is 2.40. The van der Waals surface area contributed by atoms with Gasteiger partial charge in [-0.2, -0.15) is 0 Å². The van der Waals surface area contributed by atoms with Crippen LogP contribution in [0.2, 0.25) is 0 Å². The van der Waals surface area contributed by atoms with Crippen LogP contribution >= 0.6 is 0 Å². The molecule has 29 heavy (non-hydrogen) atoms. The van der Waals surface area contributed by atoms with Gasteiger partial charge >= 0.3 is 0 Å². The van der Waals surface area contributed by atoms with Gasteiger partial charge in [0, 0.05) is 12.7 Å². The Bertz CT molecular complexity index is 968. The lowest BCUT2D eigenvalue weighted by Gasteiger charge is -2.40. The molecule has 1 atom stereocenters. The monoisotopic (exact) mass is 388 g/mol. The molecule has 6 nitrogen and oxygen atoms in total. The number of likely N-dealkylation sites (tertiary alicyclic amines) is 1. The Morgan fingerprint density at radius 3 is 2.24 bits per heavy atom. The van der Waals surface area contributed by atoms with E-state index < -0.39 is 11.6 Å². The maximum Gasteiger partial charge on any atom is 0.257 e. The summed E-state index contributed by atoms with van der Waals surface area (Å²) in [5, 5.41) is 12.1. The van der Waals surface area contributed by atoms with Crippen molar-refractivity contribution in [2.75, 3.05) is 12.3 Å². The van der Waals surface area contributed by atoms with Gasteiger partial charge in [0.15, 0.2) is 0 Å². The maximum absolute atomic E-state index is 13.4. The van der Waals surface area contributed by atoms with Gasteiger partial charge in [-0.1, -0.05) is 60.7 Å². The number of amides is 1. The van der Waals surface area contributed by atoms with Crippen LogP contribution in [0.15, 0.2) is 66.9 Å². The summed E-state index contributed by atoms with van der Waals surface area (Å²) in [6.07, 6.45) is 2.98. The molecule has 4 rings (SSSR count). The highest BCUT2D eigenvalue weighted by Gasteiger charge is 2.47. The summed E-state index contributed by atoms with van der Waals surface area (Å²) < 4.78 is 0. The first-order valence-electron chi connectivity index (χ1n) is 9.75. The lowest BCUT2D eigenvalue weighted by Crippen LogP contribution is -2.50. The molecule has 6 heteroatoms. The fourth-order valence-corrected chi connectivity index (χ4v) is 4.23. The van der Waals surface area contributed by atoms with E-state index >= 15 is 0 Å². The standard InChI is InChI=1S/C23H24N4O2/c1-16-19(15-25-22(24)26-16)21(28)27-14-8-13-20(27)23(29,17-9-4-2-5-10-17)18-11-6-3-7-12-18/h2-7,9-12,15,20,29H,8,13-14H2,1H3,(H2,24,25,26)/t20-/m0/s1. The van der Waals surface area contributed by atoms with Crippen LogP contribution in [0.25, 0.3) is 0 Å². The van der Waals surface area contributed by atoms with Crippen molar-refractivity contribution in [3.63, 3.8) is 0 Å². The molecule has 0 spiro atoms. The molecule has 148 valence electrons. The van der Waals surface area contributed by atoms with Crippen LogP contribution in [-0.2, 0) is 5.60 Å². The molecule has 1 fully saturated rings. The molecule has 0 radical (unpaired) electrons. The van der Waals surface area contributed by atoms with E-state index in [1.165, 1.54) is 6.20 Å². The zero-order valence-corrected chi connectivity index (χ0v) is 16.3. The van der Waals surface area contributed by atoms with Crippen molar-refractivity contribution in [1.29, 1.82) is 0 Å². The van der Waals surface area contributed by atoms with Crippen LogP contribution in [-0.4, -0.2) is 38.5 Å². The predicted octanol–water partition coefficient (Wildman–Crippen LogP) is 2.91. The van der Waals surface area contributed by atoms with Gasteiger partial charge in [-0.3, -0.25) is 4.79 Å². The number of anilines is 1. The minimum absolute atomic E-state index is 0.141. The largest absolute Gasteiger partial charge is 0.378 e. The summed E-state index contributed by atoms with van der Waals surface area (Å²) >= 11 is 0. The smallest absolute Gasteiger partial charge is 0.257 e. The summed E-state index contributed by atoms with van der Waals surface area (Å²) in [4.78, 5) is 23.3. The third-order valence-electron chi connectivity index (χ3n) is 5.65. The Morgan fingerprint density at radius 2 is 1.69 bits per heavy atom. The van der Waals surface area contributed by atoms with Crippen molar-refractivity contribution in [1.82, 2.24) is 14.9 Å². The molecule has 0 bridgehead atoms. The lowest BCUT2D eigenvalue weighted by atomic mass is 9.79. The summed E-state index contributed by atoms with van der Waals surface area (Å²) in [6, 6.07) is 18.7. The van der Waals surface area contributed by atoms with Crippen LogP contribution in [0.4, 0.5) is 5.95 Å². The zero-order chi connectivity index (χ0) is 20.4. The summed E-state index contributed by atoms with van der Waals surface area (Å²) in [7, 11) is 0. The highest BCUT2D eigenvalue weighted by atomic mass is 16.3. The Morgan fingerprint density at radius 1 is 1.10 bits per heavy atom. The molecule has 0 aliphatic carbocycles. The molecule has 2 aromatic carbocycles. The Kier molecular flexibility index (Phi) is 5.03. The van der Waals surface area contributed by atoms with E-state index in [1.54, 1.807) is 11.8 Å². The number of carbonyl (C=O) groups excluding carboxylic acids is 1. The van der Waals surface area contributed by atoms with Crippen LogP contribution in [0.3, 0.4) is 0 Å². The second-order valence-electron chi connectivity index (χ2n) is 7.38. The number of aryl methyl sites for hydroxylation is 1. The summed E-state index contributed by atoms with van der Waals surface area (Å²) in [6.45, 7) is 2.31. The first kappa shape index (κ1) is 19.1. The fourth-order valence-electron chi connectivity index (χ4n) is 4.23. The van der Waals surface area contributed by atoms with Crippen molar-refractivity contribution in [2.45, 2.75) is 31.4 Å². The molecule has 0 saturated carbocycles. The first-order chi connectivity index (χ1) is 14.0. The van der Waals surface area contributed by atoms with E-state index in [4.69, 9.17) is 5.73 Å². The molecule has 0 unspecified atom stereocenters. The minimum Gasteiger partial charge on any atom is -0.378 e. The van der Waals surface area contributed by atoms with Gasteiger partial charge < -0.3 is 15.7 Å². The third kappa shape index (κ3) is 3.36. The number of benzene rings is 2. The highest BCUT2D eigenvalue weighted by molar-refractivity contribution is 5.95. The van der Waals surface area contributed by atoms with Crippen molar-refractivity contribution >= 4 is 11.9 Å². The van der Waals surface area contributed by atoms with Crippen molar-refractivity contribution < 1.29 is 9.90 Å². The van der Waals surface area contributed by atoms with Crippen LogP contribution in [0.5, 0.6) is 0 Å². The third-order valence-corrected chi connectivity index (χ3v) is 5.65. The average Bonchev–Trinajstić information content (AvgIpc) is 3.24. The van der Waals surface area contributed by atoms with Crippen molar-refractivity contribution in [3.8, 4) is 0 Å². The van der Waals surface area contributed by atoms with Crippen LogP contribution < -0.4 is 5.73 Å². The van der Waals surface area contributed by atoms with Gasteiger partial charge in [-0.05, 0) is 30.9 Å². The summed E-state index contributed by atoms with van der Waals surface area (Å²) in [5.74, 6) is -0.0441. The van der Waals surface area contributed by atoms with E-state index in [0.717, 1.165) is 17.5 Å². The molecule has 3 N–H and O–H groups in total. The maximum atomic E-state index is 13.4. The topological polar surface area (TPSA) is 92.3 Å². The minimum atomic E-state index is -1.32. The number of aromatic nitrogens is 2. The fraction of sp³-hybridized carbons (Fsp3) is 0.261. The first-order valence-corrected chi connectivity index (χ1v) is 9.75. The summed E-state index contributed by atoms with van der Waals surface area (Å²) in [5.41, 5.74) is 6.80. The number of hydrogen-bond donors (Lipinski definition) is 2. The average molecular weight is 388 g/mol. The molecule has 2 heterocycles. The van der Waals surface area contributed by atoms with Gasteiger partial charge in [0.1, 0.15) is 5.60 Å². The molecule has 1 saturated heterocycles. The van der Waals surface area contributed by atoms with Gasteiger partial charge in [-0.25, -0.2) is 9.97 Å².